The molecule has 1 aromatic heterocycles. The summed E-state index contributed by atoms with van der Waals surface area (Å²) in [5.41, 5.74) is -0.0180. The highest BCUT2D eigenvalue weighted by Crippen LogP contribution is 2.22. The van der Waals surface area contributed by atoms with Crippen molar-refractivity contribution < 1.29 is 13.2 Å². The summed E-state index contributed by atoms with van der Waals surface area (Å²) in [6, 6.07) is 3.49. The topological polar surface area (TPSA) is 51.0 Å². The van der Waals surface area contributed by atoms with Gasteiger partial charge in [-0.15, -0.1) is 10.2 Å². The van der Waals surface area contributed by atoms with Gasteiger partial charge in [0, 0.05) is 19.0 Å². The first-order valence-corrected chi connectivity index (χ1v) is 6.07. The van der Waals surface area contributed by atoms with Crippen LogP contribution < -0.4 is 5.32 Å². The molecule has 102 valence electrons. The lowest BCUT2D eigenvalue weighted by molar-refractivity contribution is 0.481. The molecule has 1 N–H and O–H groups in total. The van der Waals surface area contributed by atoms with E-state index in [4.69, 9.17) is 4.42 Å². The summed E-state index contributed by atoms with van der Waals surface area (Å²) in [6.07, 6.45) is 0.544. The largest absolute Gasteiger partial charge is 0.421 e. The quantitative estimate of drug-likeness (QED) is 0.904. The van der Waals surface area contributed by atoms with Gasteiger partial charge in [-0.25, -0.2) is 8.78 Å². The van der Waals surface area contributed by atoms with Gasteiger partial charge in [0.15, 0.2) is 0 Å². The van der Waals surface area contributed by atoms with Crippen LogP contribution in [0.1, 0.15) is 19.7 Å². The zero-order chi connectivity index (χ0) is 13.8. The lowest BCUT2D eigenvalue weighted by Gasteiger charge is -2.04. The van der Waals surface area contributed by atoms with Crippen LogP contribution in [0.15, 0.2) is 22.6 Å². The molecular formula is C13H15F2N3O. The smallest absolute Gasteiger partial charge is 0.250 e. The summed E-state index contributed by atoms with van der Waals surface area (Å²) in [6.45, 7) is 4.74. The first-order chi connectivity index (χ1) is 9.06. The highest BCUT2D eigenvalue weighted by Gasteiger charge is 2.13. The van der Waals surface area contributed by atoms with Gasteiger partial charge in [0.25, 0.3) is 5.89 Å². The van der Waals surface area contributed by atoms with Crippen molar-refractivity contribution in [1.82, 2.24) is 15.5 Å². The Labute approximate surface area is 109 Å². The van der Waals surface area contributed by atoms with Crippen molar-refractivity contribution in [3.8, 4) is 11.5 Å². The van der Waals surface area contributed by atoms with Crippen LogP contribution in [0.3, 0.4) is 0 Å². The van der Waals surface area contributed by atoms with Gasteiger partial charge in [0.05, 0.1) is 5.56 Å². The van der Waals surface area contributed by atoms with E-state index in [1.165, 1.54) is 0 Å². The Hall–Kier alpha value is -1.82. The lowest BCUT2D eigenvalue weighted by atomic mass is 10.2. The second-order valence-electron chi connectivity index (χ2n) is 4.48. The van der Waals surface area contributed by atoms with Gasteiger partial charge in [-0.3, -0.25) is 0 Å². The van der Waals surface area contributed by atoms with Crippen molar-refractivity contribution >= 4 is 0 Å². The summed E-state index contributed by atoms with van der Waals surface area (Å²) in [7, 11) is 0. The molecule has 0 aliphatic rings. The van der Waals surface area contributed by atoms with Crippen LogP contribution in [0.25, 0.3) is 11.5 Å². The fraction of sp³-hybridized carbons (Fsp3) is 0.385. The van der Waals surface area contributed by atoms with Gasteiger partial charge in [-0.05, 0) is 18.2 Å². The molecule has 0 amide bonds. The van der Waals surface area contributed by atoms with Gasteiger partial charge in [0.2, 0.25) is 5.89 Å². The summed E-state index contributed by atoms with van der Waals surface area (Å²) in [4.78, 5) is 0. The molecule has 0 spiro atoms. The van der Waals surface area contributed by atoms with E-state index in [1.54, 1.807) is 0 Å². The molecule has 0 aliphatic heterocycles. The molecule has 0 fully saturated rings. The van der Waals surface area contributed by atoms with E-state index in [9.17, 15) is 8.78 Å². The molecule has 0 saturated heterocycles. The van der Waals surface area contributed by atoms with Crippen molar-refractivity contribution in [3.63, 3.8) is 0 Å². The first kappa shape index (κ1) is 13.6. The molecule has 4 nitrogen and oxygen atoms in total. The van der Waals surface area contributed by atoms with Crippen LogP contribution in [0, 0.1) is 11.6 Å². The highest BCUT2D eigenvalue weighted by molar-refractivity contribution is 5.53. The average Bonchev–Trinajstić information content (AvgIpc) is 2.80. The Balaban J connectivity index is 2.10. The lowest BCUT2D eigenvalue weighted by Crippen LogP contribution is -2.25. The summed E-state index contributed by atoms with van der Waals surface area (Å²) in [5, 5.41) is 10.8. The highest BCUT2D eigenvalue weighted by atomic mass is 19.1. The molecule has 1 heterocycles. The third kappa shape index (κ3) is 3.57. The van der Waals surface area contributed by atoms with E-state index >= 15 is 0 Å². The first-order valence-electron chi connectivity index (χ1n) is 6.07. The summed E-state index contributed by atoms with van der Waals surface area (Å²) < 4.78 is 31.9. The van der Waals surface area contributed by atoms with Gasteiger partial charge in [-0.1, -0.05) is 13.8 Å². The minimum Gasteiger partial charge on any atom is -0.421 e. The fourth-order valence-corrected chi connectivity index (χ4v) is 1.59. The molecular weight excluding hydrogens is 252 g/mol. The van der Waals surface area contributed by atoms with E-state index in [1.807, 2.05) is 13.8 Å². The third-order valence-corrected chi connectivity index (χ3v) is 2.52. The number of nitrogens with one attached hydrogen (secondary N) is 1. The molecule has 19 heavy (non-hydrogen) atoms. The van der Waals surface area contributed by atoms with E-state index < -0.39 is 11.6 Å². The van der Waals surface area contributed by atoms with E-state index in [0.717, 1.165) is 18.2 Å². The zero-order valence-corrected chi connectivity index (χ0v) is 10.8. The van der Waals surface area contributed by atoms with Crippen molar-refractivity contribution in [2.75, 3.05) is 6.54 Å². The zero-order valence-electron chi connectivity index (χ0n) is 10.8. The Morgan fingerprint density at radius 2 is 2.05 bits per heavy atom. The molecule has 6 heteroatoms. The van der Waals surface area contributed by atoms with Crippen molar-refractivity contribution in [2.45, 2.75) is 26.3 Å². The number of hydrogen-bond acceptors (Lipinski definition) is 4. The van der Waals surface area contributed by atoms with E-state index in [0.29, 0.717) is 24.9 Å². The fourth-order valence-electron chi connectivity index (χ4n) is 1.59. The Bertz CT molecular complexity index is 555. The molecule has 0 aliphatic carbocycles. The van der Waals surface area contributed by atoms with Crippen LogP contribution >= 0.6 is 0 Å². The Morgan fingerprint density at radius 3 is 2.79 bits per heavy atom. The van der Waals surface area contributed by atoms with Crippen molar-refractivity contribution in [3.05, 3.63) is 35.7 Å². The number of nitrogens with zero attached hydrogens (tertiary/aromatic N) is 2. The molecule has 0 bridgehead atoms. The molecule has 0 unspecified atom stereocenters. The van der Waals surface area contributed by atoms with Crippen LogP contribution in [0.5, 0.6) is 0 Å². The second kappa shape index (κ2) is 5.88. The van der Waals surface area contributed by atoms with Gasteiger partial charge in [0.1, 0.15) is 11.6 Å². The maximum absolute atomic E-state index is 13.5. The number of halogens is 2. The van der Waals surface area contributed by atoms with Crippen LogP contribution in [0.4, 0.5) is 8.78 Å². The maximum atomic E-state index is 13.5. The van der Waals surface area contributed by atoms with Gasteiger partial charge < -0.3 is 9.73 Å². The number of benzene rings is 1. The monoisotopic (exact) mass is 267 g/mol. The predicted octanol–water partition coefficient (Wildman–Crippen LogP) is 2.56. The van der Waals surface area contributed by atoms with Crippen molar-refractivity contribution in [1.29, 1.82) is 0 Å². The normalized spacial score (nSPS) is 11.2. The average molecular weight is 267 g/mol. The van der Waals surface area contributed by atoms with Crippen molar-refractivity contribution in [2.24, 2.45) is 0 Å². The molecule has 0 radical (unpaired) electrons. The van der Waals surface area contributed by atoms with Gasteiger partial charge in [-0.2, -0.15) is 0 Å². The minimum absolute atomic E-state index is 0.00320. The minimum atomic E-state index is -0.586. The Kier molecular flexibility index (Phi) is 4.21. The van der Waals surface area contributed by atoms with Gasteiger partial charge >= 0.3 is 0 Å². The molecule has 2 rings (SSSR count). The Morgan fingerprint density at radius 1 is 1.26 bits per heavy atom. The van der Waals surface area contributed by atoms with E-state index in [-0.39, 0.29) is 11.5 Å². The van der Waals surface area contributed by atoms with Crippen LogP contribution in [-0.4, -0.2) is 22.8 Å². The maximum Gasteiger partial charge on any atom is 0.250 e. The molecule has 0 saturated carbocycles. The standard InChI is InChI=1S/C13H15F2N3O/c1-8(2)16-6-5-12-17-18-13(19-12)10-7-9(14)3-4-11(10)15/h3-4,7-8,16H,5-6H2,1-2H3. The van der Waals surface area contributed by atoms with E-state index in [2.05, 4.69) is 15.5 Å². The molecule has 0 atom stereocenters. The second-order valence-corrected chi connectivity index (χ2v) is 4.48. The predicted molar refractivity (Wildman–Crippen MR) is 66.5 cm³/mol. The number of aromatic nitrogens is 2. The number of rotatable bonds is 5. The molecule has 2 aromatic rings. The van der Waals surface area contributed by atoms with Crippen LogP contribution in [-0.2, 0) is 6.42 Å². The SMILES string of the molecule is CC(C)NCCc1nnc(-c2cc(F)ccc2F)o1. The third-order valence-electron chi connectivity index (χ3n) is 2.52. The number of hydrogen-bond donors (Lipinski definition) is 1. The molecule has 1 aromatic carbocycles. The summed E-state index contributed by atoms with van der Waals surface area (Å²) >= 11 is 0. The van der Waals surface area contributed by atoms with Crippen LogP contribution in [0.2, 0.25) is 0 Å². The summed E-state index contributed by atoms with van der Waals surface area (Å²) in [5.74, 6) is -0.738.